The van der Waals surface area contributed by atoms with E-state index >= 15 is 0 Å². The molecular weight excluding hydrogens is 222 g/mol. The smallest absolute Gasteiger partial charge is 0.0471 e. The van der Waals surface area contributed by atoms with Crippen LogP contribution < -0.4 is 5.32 Å². The predicted molar refractivity (Wildman–Crippen MR) is 79.0 cm³/mol. The van der Waals surface area contributed by atoms with Gasteiger partial charge in [-0.05, 0) is 50.0 Å². The van der Waals surface area contributed by atoms with Crippen LogP contribution in [0.15, 0.2) is 0 Å². The van der Waals surface area contributed by atoms with E-state index in [9.17, 15) is 0 Å². The van der Waals surface area contributed by atoms with Crippen LogP contribution in [0.4, 0.5) is 0 Å². The molecule has 2 heteroatoms. The van der Waals surface area contributed by atoms with E-state index in [2.05, 4.69) is 26.1 Å². The van der Waals surface area contributed by atoms with Gasteiger partial charge in [0.15, 0.2) is 0 Å². The van der Waals surface area contributed by atoms with Gasteiger partial charge < -0.3 is 10.1 Å². The summed E-state index contributed by atoms with van der Waals surface area (Å²) in [6.07, 6.45) is 9.32. The van der Waals surface area contributed by atoms with E-state index in [4.69, 9.17) is 4.74 Å². The van der Waals surface area contributed by atoms with Crippen LogP contribution in [0, 0.1) is 11.3 Å². The van der Waals surface area contributed by atoms with Crippen LogP contribution in [-0.2, 0) is 4.74 Å². The van der Waals surface area contributed by atoms with Crippen molar-refractivity contribution >= 4 is 0 Å². The van der Waals surface area contributed by atoms with Crippen molar-refractivity contribution in [2.45, 2.75) is 65.7 Å². The summed E-state index contributed by atoms with van der Waals surface area (Å²) < 4.78 is 5.81. The lowest BCUT2D eigenvalue weighted by atomic mass is 9.83. The molecule has 1 rings (SSSR count). The average molecular weight is 255 g/mol. The Balaban J connectivity index is 2.16. The topological polar surface area (TPSA) is 21.3 Å². The van der Waals surface area contributed by atoms with Crippen LogP contribution in [0.25, 0.3) is 0 Å². The highest BCUT2D eigenvalue weighted by Gasteiger charge is 2.32. The first-order chi connectivity index (χ1) is 8.68. The van der Waals surface area contributed by atoms with Gasteiger partial charge in [-0.2, -0.15) is 0 Å². The van der Waals surface area contributed by atoms with Gasteiger partial charge >= 0.3 is 0 Å². The number of nitrogens with one attached hydrogen (secondary N) is 1. The first-order valence-electron chi connectivity index (χ1n) is 7.97. The maximum absolute atomic E-state index is 5.81. The summed E-state index contributed by atoms with van der Waals surface area (Å²) in [6, 6.07) is 0. The molecule has 0 bridgehead atoms. The van der Waals surface area contributed by atoms with Crippen molar-refractivity contribution in [2.75, 3.05) is 26.3 Å². The van der Waals surface area contributed by atoms with Crippen LogP contribution in [0.2, 0.25) is 0 Å². The van der Waals surface area contributed by atoms with E-state index in [1.807, 2.05) is 0 Å². The monoisotopic (exact) mass is 255 g/mol. The van der Waals surface area contributed by atoms with E-state index < -0.39 is 0 Å². The average Bonchev–Trinajstić information content (AvgIpc) is 2.78. The predicted octanol–water partition coefficient (Wildman–Crippen LogP) is 4.00. The van der Waals surface area contributed by atoms with Gasteiger partial charge in [0.1, 0.15) is 0 Å². The van der Waals surface area contributed by atoms with E-state index in [1.165, 1.54) is 51.5 Å². The minimum atomic E-state index is 0.549. The Labute approximate surface area is 114 Å². The van der Waals surface area contributed by atoms with Crippen LogP contribution in [0.1, 0.15) is 65.7 Å². The van der Waals surface area contributed by atoms with Crippen LogP contribution in [0.5, 0.6) is 0 Å². The summed E-state index contributed by atoms with van der Waals surface area (Å²) in [5, 5.41) is 3.62. The Morgan fingerprint density at radius 1 is 1.17 bits per heavy atom. The molecule has 0 amide bonds. The van der Waals surface area contributed by atoms with Crippen molar-refractivity contribution < 1.29 is 4.74 Å². The Morgan fingerprint density at radius 3 is 2.50 bits per heavy atom. The molecule has 0 unspecified atom stereocenters. The van der Waals surface area contributed by atoms with Gasteiger partial charge in [-0.15, -0.1) is 0 Å². The maximum atomic E-state index is 5.81. The zero-order valence-corrected chi connectivity index (χ0v) is 12.8. The number of hydrogen-bond acceptors (Lipinski definition) is 2. The SMILES string of the molecule is CCCNCC1(CCOCCC(C)C)CCCC1. The van der Waals surface area contributed by atoms with Crippen LogP contribution in [-0.4, -0.2) is 26.3 Å². The highest BCUT2D eigenvalue weighted by molar-refractivity contribution is 4.86. The van der Waals surface area contributed by atoms with E-state index in [-0.39, 0.29) is 0 Å². The second kappa shape index (κ2) is 8.92. The molecule has 18 heavy (non-hydrogen) atoms. The second-order valence-corrected chi connectivity index (χ2v) is 6.43. The highest BCUT2D eigenvalue weighted by atomic mass is 16.5. The fraction of sp³-hybridized carbons (Fsp3) is 1.00. The van der Waals surface area contributed by atoms with Gasteiger partial charge in [0.2, 0.25) is 0 Å². The zero-order chi connectivity index (χ0) is 13.3. The molecule has 0 atom stereocenters. The van der Waals surface area contributed by atoms with Crippen molar-refractivity contribution in [3.05, 3.63) is 0 Å². The third-order valence-corrected chi connectivity index (χ3v) is 4.21. The molecule has 0 aromatic heterocycles. The number of ether oxygens (including phenoxy) is 1. The summed E-state index contributed by atoms with van der Waals surface area (Å²) in [5.74, 6) is 0.761. The maximum Gasteiger partial charge on any atom is 0.0471 e. The molecule has 0 aliphatic heterocycles. The Morgan fingerprint density at radius 2 is 1.89 bits per heavy atom. The Hall–Kier alpha value is -0.0800. The third-order valence-electron chi connectivity index (χ3n) is 4.21. The summed E-state index contributed by atoms with van der Waals surface area (Å²) in [5.41, 5.74) is 0.549. The van der Waals surface area contributed by atoms with E-state index in [0.717, 1.165) is 25.7 Å². The van der Waals surface area contributed by atoms with Crippen molar-refractivity contribution in [2.24, 2.45) is 11.3 Å². The first kappa shape index (κ1) is 16.0. The molecule has 0 spiro atoms. The standard InChI is InChI=1S/C16H33NO/c1-4-11-17-14-16(8-5-6-9-16)10-13-18-12-7-15(2)3/h15,17H,4-14H2,1-3H3. The molecule has 0 saturated heterocycles. The van der Waals surface area contributed by atoms with Gasteiger partial charge in [0.05, 0.1) is 0 Å². The van der Waals surface area contributed by atoms with Crippen LogP contribution in [0.3, 0.4) is 0 Å². The lowest BCUT2D eigenvalue weighted by molar-refractivity contribution is 0.0870. The minimum absolute atomic E-state index is 0.549. The van der Waals surface area contributed by atoms with Crippen molar-refractivity contribution in [1.82, 2.24) is 5.32 Å². The normalized spacial score (nSPS) is 18.7. The minimum Gasteiger partial charge on any atom is -0.381 e. The molecule has 1 saturated carbocycles. The molecule has 1 aliphatic rings. The molecule has 2 nitrogen and oxygen atoms in total. The van der Waals surface area contributed by atoms with E-state index in [0.29, 0.717) is 5.41 Å². The molecule has 0 radical (unpaired) electrons. The largest absolute Gasteiger partial charge is 0.381 e. The molecule has 108 valence electrons. The van der Waals surface area contributed by atoms with Crippen molar-refractivity contribution in [1.29, 1.82) is 0 Å². The fourth-order valence-electron chi connectivity index (χ4n) is 2.88. The molecule has 0 heterocycles. The zero-order valence-electron chi connectivity index (χ0n) is 12.8. The molecule has 0 aromatic rings. The Kier molecular flexibility index (Phi) is 7.92. The fourth-order valence-corrected chi connectivity index (χ4v) is 2.88. The van der Waals surface area contributed by atoms with Crippen molar-refractivity contribution in [3.8, 4) is 0 Å². The highest BCUT2D eigenvalue weighted by Crippen LogP contribution is 2.40. The summed E-state index contributed by atoms with van der Waals surface area (Å²) in [7, 11) is 0. The quantitative estimate of drug-likeness (QED) is 0.596. The second-order valence-electron chi connectivity index (χ2n) is 6.43. The summed E-state index contributed by atoms with van der Waals surface area (Å²) in [6.45, 7) is 11.0. The number of hydrogen-bond donors (Lipinski definition) is 1. The van der Waals surface area contributed by atoms with Gasteiger partial charge in [-0.1, -0.05) is 33.6 Å². The summed E-state index contributed by atoms with van der Waals surface area (Å²) >= 11 is 0. The Bertz CT molecular complexity index is 197. The summed E-state index contributed by atoms with van der Waals surface area (Å²) in [4.78, 5) is 0. The molecule has 1 N–H and O–H groups in total. The number of rotatable bonds is 10. The molecule has 0 aromatic carbocycles. The van der Waals surface area contributed by atoms with Gasteiger partial charge in [0.25, 0.3) is 0 Å². The van der Waals surface area contributed by atoms with Gasteiger partial charge in [0, 0.05) is 19.8 Å². The van der Waals surface area contributed by atoms with Crippen molar-refractivity contribution in [3.63, 3.8) is 0 Å². The van der Waals surface area contributed by atoms with E-state index in [1.54, 1.807) is 0 Å². The van der Waals surface area contributed by atoms with Gasteiger partial charge in [-0.25, -0.2) is 0 Å². The molecule has 1 aliphatic carbocycles. The van der Waals surface area contributed by atoms with Crippen LogP contribution >= 0.6 is 0 Å². The molecular formula is C16H33NO. The van der Waals surface area contributed by atoms with Gasteiger partial charge in [-0.3, -0.25) is 0 Å². The lowest BCUT2D eigenvalue weighted by Gasteiger charge is -2.29. The molecule has 1 fully saturated rings. The first-order valence-corrected chi connectivity index (χ1v) is 7.97. The lowest BCUT2D eigenvalue weighted by Crippen LogP contribution is -2.33. The third kappa shape index (κ3) is 6.19.